The molecular formula is C23H24F2N2O4. The minimum absolute atomic E-state index is 0.00840. The quantitative estimate of drug-likeness (QED) is 0.415. The van der Waals surface area contributed by atoms with Crippen molar-refractivity contribution in [3.05, 3.63) is 70.8 Å². The molecule has 2 aromatic carbocycles. The average Bonchev–Trinajstić information content (AvgIpc) is 2.98. The van der Waals surface area contributed by atoms with Gasteiger partial charge in [0.25, 0.3) is 11.7 Å². The molecule has 8 heteroatoms. The lowest BCUT2D eigenvalue weighted by molar-refractivity contribution is -0.140. The molecule has 1 N–H and O–H groups in total. The molecule has 1 fully saturated rings. The van der Waals surface area contributed by atoms with Crippen molar-refractivity contribution >= 4 is 17.4 Å². The number of aliphatic hydroxyl groups excluding tert-OH is 1. The van der Waals surface area contributed by atoms with Gasteiger partial charge in [0.05, 0.1) is 18.7 Å². The molecule has 0 radical (unpaired) electrons. The lowest BCUT2D eigenvalue weighted by Crippen LogP contribution is -2.32. The number of likely N-dealkylation sites (tertiary alicyclic amines) is 1. The fourth-order valence-electron chi connectivity index (χ4n) is 3.66. The Bertz CT molecular complexity index is 1040. The molecule has 0 saturated carbocycles. The predicted molar refractivity (Wildman–Crippen MR) is 112 cm³/mol. The summed E-state index contributed by atoms with van der Waals surface area (Å²) in [4.78, 5) is 28.8. The molecule has 1 aliphatic rings. The highest BCUT2D eigenvalue weighted by Crippen LogP contribution is 2.40. The van der Waals surface area contributed by atoms with Crippen molar-refractivity contribution in [1.82, 2.24) is 9.80 Å². The molecule has 1 unspecified atom stereocenters. The number of carbonyl (C=O) groups excluding carboxylic acids is 2. The zero-order chi connectivity index (χ0) is 22.7. The van der Waals surface area contributed by atoms with Crippen molar-refractivity contribution < 1.29 is 28.2 Å². The van der Waals surface area contributed by atoms with Crippen molar-refractivity contribution in [3.63, 3.8) is 0 Å². The molecule has 31 heavy (non-hydrogen) atoms. The van der Waals surface area contributed by atoms with E-state index in [2.05, 4.69) is 0 Å². The summed E-state index contributed by atoms with van der Waals surface area (Å²) < 4.78 is 33.7. The van der Waals surface area contributed by atoms with Crippen molar-refractivity contribution in [1.29, 1.82) is 0 Å². The molecule has 1 aliphatic heterocycles. The molecule has 1 amide bonds. The summed E-state index contributed by atoms with van der Waals surface area (Å²) in [7, 11) is 5.05. The van der Waals surface area contributed by atoms with Crippen molar-refractivity contribution in [3.8, 4) is 5.75 Å². The van der Waals surface area contributed by atoms with Gasteiger partial charge in [-0.1, -0.05) is 18.2 Å². The molecule has 0 aliphatic carbocycles. The Kier molecular flexibility index (Phi) is 6.70. The topological polar surface area (TPSA) is 70.1 Å². The molecule has 2 aromatic rings. The van der Waals surface area contributed by atoms with Crippen molar-refractivity contribution in [2.24, 2.45) is 0 Å². The van der Waals surface area contributed by atoms with Gasteiger partial charge in [-0.05, 0) is 51.3 Å². The number of amides is 1. The van der Waals surface area contributed by atoms with Crippen LogP contribution < -0.4 is 4.74 Å². The van der Waals surface area contributed by atoms with Crippen LogP contribution in [0.1, 0.15) is 23.6 Å². The van der Waals surface area contributed by atoms with Crippen LogP contribution in [0.3, 0.4) is 0 Å². The second kappa shape index (κ2) is 9.26. The largest absolute Gasteiger partial charge is 0.507 e. The second-order valence-electron chi connectivity index (χ2n) is 7.52. The van der Waals surface area contributed by atoms with Gasteiger partial charge in [0.15, 0.2) is 11.6 Å². The number of carbonyl (C=O) groups is 2. The van der Waals surface area contributed by atoms with Crippen molar-refractivity contribution in [2.75, 3.05) is 34.3 Å². The first-order chi connectivity index (χ1) is 14.8. The number of hydrogen-bond donors (Lipinski definition) is 1. The Labute approximate surface area is 179 Å². The third kappa shape index (κ3) is 4.44. The normalized spacial score (nSPS) is 18.1. The van der Waals surface area contributed by atoms with Crippen molar-refractivity contribution in [2.45, 2.75) is 12.5 Å². The third-order valence-electron chi connectivity index (χ3n) is 5.17. The monoisotopic (exact) mass is 430 g/mol. The summed E-state index contributed by atoms with van der Waals surface area (Å²) in [6.07, 6.45) is 0.544. The molecule has 1 saturated heterocycles. The number of halogens is 2. The molecule has 1 heterocycles. The Morgan fingerprint density at radius 2 is 1.84 bits per heavy atom. The summed E-state index contributed by atoms with van der Waals surface area (Å²) in [6.45, 7) is 0.839. The Balaban J connectivity index is 2.13. The smallest absolute Gasteiger partial charge is 0.295 e. The van der Waals surface area contributed by atoms with E-state index >= 15 is 0 Å². The van der Waals surface area contributed by atoms with Crippen LogP contribution in [0.15, 0.2) is 48.0 Å². The molecular weight excluding hydrogens is 406 g/mol. The zero-order valence-corrected chi connectivity index (χ0v) is 17.6. The van der Waals surface area contributed by atoms with E-state index in [0.29, 0.717) is 13.0 Å². The number of ether oxygens (including phenoxy) is 1. The van der Waals surface area contributed by atoms with Crippen LogP contribution in [0.5, 0.6) is 5.75 Å². The van der Waals surface area contributed by atoms with Gasteiger partial charge in [-0.25, -0.2) is 8.78 Å². The zero-order valence-electron chi connectivity index (χ0n) is 17.6. The fourth-order valence-corrected chi connectivity index (χ4v) is 3.66. The number of aliphatic hydroxyl groups is 1. The molecule has 3 rings (SSSR count). The van der Waals surface area contributed by atoms with Gasteiger partial charge in [-0.2, -0.15) is 0 Å². The van der Waals surface area contributed by atoms with Gasteiger partial charge in [0.2, 0.25) is 0 Å². The van der Waals surface area contributed by atoms with E-state index in [1.165, 1.54) is 42.3 Å². The third-order valence-corrected chi connectivity index (χ3v) is 5.17. The molecule has 6 nitrogen and oxygen atoms in total. The van der Waals surface area contributed by atoms with Gasteiger partial charge in [0, 0.05) is 17.7 Å². The SMILES string of the molecule is COc1ccc(/C(O)=C2\C(=O)C(=O)N(CCCN(C)C)C2c2ccccc2F)cc1F. The maximum Gasteiger partial charge on any atom is 0.295 e. The number of nitrogens with zero attached hydrogens (tertiary/aromatic N) is 2. The van der Waals surface area contributed by atoms with Crippen LogP contribution in [-0.4, -0.2) is 60.9 Å². The first-order valence-electron chi connectivity index (χ1n) is 9.77. The van der Waals surface area contributed by atoms with E-state index in [1.54, 1.807) is 6.07 Å². The average molecular weight is 430 g/mol. The Morgan fingerprint density at radius 3 is 2.45 bits per heavy atom. The van der Waals surface area contributed by atoms with Gasteiger partial charge in [0.1, 0.15) is 11.6 Å². The molecule has 0 spiro atoms. The second-order valence-corrected chi connectivity index (χ2v) is 7.52. The maximum atomic E-state index is 14.7. The highest BCUT2D eigenvalue weighted by atomic mass is 19.1. The fraction of sp³-hybridized carbons (Fsp3) is 0.304. The number of Topliss-reactive ketones (excluding diaryl/α,β-unsaturated/α-hetero) is 1. The number of methoxy groups -OCH3 is 1. The van der Waals surface area contributed by atoms with Crippen LogP contribution in [0.25, 0.3) is 5.76 Å². The van der Waals surface area contributed by atoms with E-state index in [-0.39, 0.29) is 29.0 Å². The first-order valence-corrected chi connectivity index (χ1v) is 9.77. The van der Waals surface area contributed by atoms with E-state index in [0.717, 1.165) is 6.07 Å². The molecule has 0 bridgehead atoms. The van der Waals surface area contributed by atoms with Gasteiger partial charge in [-0.3, -0.25) is 9.59 Å². The highest BCUT2D eigenvalue weighted by Gasteiger charge is 2.46. The van der Waals surface area contributed by atoms with Crippen LogP contribution in [-0.2, 0) is 9.59 Å². The number of ketones is 1. The molecule has 0 aromatic heterocycles. The number of hydrogen-bond acceptors (Lipinski definition) is 5. The van der Waals surface area contributed by atoms with Crippen LogP contribution >= 0.6 is 0 Å². The van der Waals surface area contributed by atoms with Gasteiger partial charge < -0.3 is 19.6 Å². The lowest BCUT2D eigenvalue weighted by Gasteiger charge is -2.26. The summed E-state index contributed by atoms with van der Waals surface area (Å²) in [5, 5.41) is 10.9. The summed E-state index contributed by atoms with van der Waals surface area (Å²) >= 11 is 0. The van der Waals surface area contributed by atoms with E-state index in [4.69, 9.17) is 4.74 Å². The van der Waals surface area contributed by atoms with E-state index < -0.39 is 35.1 Å². The number of benzene rings is 2. The highest BCUT2D eigenvalue weighted by molar-refractivity contribution is 6.46. The van der Waals surface area contributed by atoms with E-state index in [1.807, 2.05) is 19.0 Å². The first kappa shape index (κ1) is 22.4. The van der Waals surface area contributed by atoms with Crippen LogP contribution in [0.2, 0.25) is 0 Å². The van der Waals surface area contributed by atoms with E-state index in [9.17, 15) is 23.5 Å². The lowest BCUT2D eigenvalue weighted by atomic mass is 9.95. The predicted octanol–water partition coefficient (Wildman–Crippen LogP) is 3.35. The Hall–Kier alpha value is -3.26. The van der Waals surface area contributed by atoms with Crippen LogP contribution in [0.4, 0.5) is 8.78 Å². The minimum Gasteiger partial charge on any atom is -0.507 e. The van der Waals surface area contributed by atoms with Gasteiger partial charge >= 0.3 is 0 Å². The summed E-state index contributed by atoms with van der Waals surface area (Å²) in [6, 6.07) is 8.33. The van der Waals surface area contributed by atoms with Crippen LogP contribution in [0, 0.1) is 11.6 Å². The number of rotatable bonds is 7. The summed E-state index contributed by atoms with van der Waals surface area (Å²) in [5.74, 6) is -3.72. The standard InChI is InChI=1S/C23H24F2N2O4/c1-26(2)11-6-12-27-20(15-7-4-5-8-16(15)24)19(22(29)23(27)30)21(28)14-9-10-18(31-3)17(25)13-14/h4-5,7-10,13,20,28H,6,11-12H2,1-3H3/b21-19+. The maximum absolute atomic E-state index is 14.7. The molecule has 164 valence electrons. The minimum atomic E-state index is -1.12. The molecule has 1 atom stereocenters. The summed E-state index contributed by atoms with van der Waals surface area (Å²) in [5.41, 5.74) is -0.197. The van der Waals surface area contributed by atoms with Gasteiger partial charge in [-0.15, -0.1) is 0 Å². The Morgan fingerprint density at radius 1 is 1.13 bits per heavy atom.